The van der Waals surface area contributed by atoms with Gasteiger partial charge in [-0.15, -0.1) is 0 Å². The van der Waals surface area contributed by atoms with Gasteiger partial charge in [-0.3, -0.25) is 14.4 Å². The van der Waals surface area contributed by atoms with Crippen LogP contribution in [0.5, 0.6) is 0 Å². The summed E-state index contributed by atoms with van der Waals surface area (Å²) in [6.07, 6.45) is 0. The van der Waals surface area contributed by atoms with E-state index in [1.807, 2.05) is 6.07 Å². The van der Waals surface area contributed by atoms with Gasteiger partial charge < -0.3 is 9.64 Å². The van der Waals surface area contributed by atoms with E-state index in [1.165, 1.54) is 12.0 Å². The summed E-state index contributed by atoms with van der Waals surface area (Å²) >= 11 is 1.02. The smallest absolute Gasteiger partial charge is 0.312 e. The lowest BCUT2D eigenvalue weighted by molar-refractivity contribution is -0.142. The molecule has 2 rings (SSSR count). The van der Waals surface area contributed by atoms with E-state index < -0.39 is 11.9 Å². The van der Waals surface area contributed by atoms with Crippen LogP contribution in [0.25, 0.3) is 0 Å². The van der Waals surface area contributed by atoms with Crippen LogP contribution in [0, 0.1) is 0 Å². The third kappa shape index (κ3) is 4.52. The van der Waals surface area contributed by atoms with E-state index in [4.69, 9.17) is 4.74 Å². The molecule has 5 nitrogen and oxygen atoms in total. The van der Waals surface area contributed by atoms with Crippen molar-refractivity contribution in [3.05, 3.63) is 65.2 Å². The first-order valence-electron chi connectivity index (χ1n) is 8.05. The highest BCUT2D eigenvalue weighted by molar-refractivity contribution is 8.13. The lowest BCUT2D eigenvalue weighted by atomic mass is 9.95. The van der Waals surface area contributed by atoms with Crippen molar-refractivity contribution in [1.29, 1.82) is 0 Å². The molecule has 0 aliphatic carbocycles. The number of esters is 1. The maximum atomic E-state index is 12.7. The number of thioether (sulfide) groups is 1. The predicted molar refractivity (Wildman–Crippen MR) is 102 cm³/mol. The number of benzene rings is 2. The third-order valence-electron chi connectivity index (χ3n) is 3.89. The fourth-order valence-electron chi connectivity index (χ4n) is 2.37. The highest BCUT2D eigenvalue weighted by Gasteiger charge is 2.23. The molecule has 1 amide bonds. The highest BCUT2D eigenvalue weighted by atomic mass is 32.2. The van der Waals surface area contributed by atoms with Crippen molar-refractivity contribution in [3.8, 4) is 0 Å². The molecular formula is C20H21NO4S. The minimum Gasteiger partial charge on any atom is -0.469 e. The summed E-state index contributed by atoms with van der Waals surface area (Å²) in [5.74, 6) is -1.16. The molecule has 1 atom stereocenters. The molecule has 0 spiro atoms. The zero-order valence-electron chi connectivity index (χ0n) is 15.2. The van der Waals surface area contributed by atoms with Gasteiger partial charge >= 0.3 is 5.97 Å². The van der Waals surface area contributed by atoms with E-state index in [0.717, 1.165) is 11.8 Å². The van der Waals surface area contributed by atoms with Crippen LogP contribution in [0.1, 0.15) is 34.3 Å². The average molecular weight is 371 g/mol. The number of nitrogens with zero attached hydrogens (tertiary/aromatic N) is 1. The van der Waals surface area contributed by atoms with Crippen LogP contribution < -0.4 is 0 Å². The number of methoxy groups -OCH3 is 1. The molecule has 0 aliphatic rings. The van der Waals surface area contributed by atoms with Gasteiger partial charge in [0.05, 0.1) is 13.0 Å². The summed E-state index contributed by atoms with van der Waals surface area (Å²) in [5.41, 5.74) is 1.62. The second-order valence-corrected chi connectivity index (χ2v) is 6.95. The molecular weight excluding hydrogens is 350 g/mol. The number of ketones is 1. The minimum atomic E-state index is -0.596. The van der Waals surface area contributed by atoms with Crippen molar-refractivity contribution in [2.45, 2.75) is 17.7 Å². The number of carbonyl (C=O) groups is 3. The summed E-state index contributed by atoms with van der Waals surface area (Å²) in [6.45, 7) is 1.70. The Morgan fingerprint density at radius 3 is 2.23 bits per heavy atom. The van der Waals surface area contributed by atoms with Gasteiger partial charge in [0.1, 0.15) is 0 Å². The van der Waals surface area contributed by atoms with E-state index in [2.05, 4.69) is 0 Å². The van der Waals surface area contributed by atoms with Gasteiger partial charge in [-0.25, -0.2) is 0 Å². The molecule has 0 bridgehead atoms. The second kappa shape index (κ2) is 8.67. The Morgan fingerprint density at radius 2 is 1.65 bits per heavy atom. The van der Waals surface area contributed by atoms with Crippen molar-refractivity contribution >= 4 is 28.8 Å². The Hall–Kier alpha value is -2.60. The van der Waals surface area contributed by atoms with Crippen LogP contribution in [0.3, 0.4) is 0 Å². The molecule has 2 aromatic carbocycles. The topological polar surface area (TPSA) is 63.7 Å². The Kier molecular flexibility index (Phi) is 6.58. The summed E-state index contributed by atoms with van der Waals surface area (Å²) < 4.78 is 4.83. The molecule has 1 unspecified atom stereocenters. The van der Waals surface area contributed by atoms with E-state index in [-0.39, 0.29) is 11.0 Å². The summed E-state index contributed by atoms with van der Waals surface area (Å²) in [5, 5.41) is -0.162. The number of hydrogen-bond donors (Lipinski definition) is 0. The van der Waals surface area contributed by atoms with Crippen LogP contribution in [0.15, 0.2) is 53.4 Å². The largest absolute Gasteiger partial charge is 0.469 e. The summed E-state index contributed by atoms with van der Waals surface area (Å²) in [6, 6.07) is 14.0. The molecule has 0 N–H and O–H groups in total. The van der Waals surface area contributed by atoms with Crippen molar-refractivity contribution in [3.63, 3.8) is 0 Å². The normalized spacial score (nSPS) is 11.5. The van der Waals surface area contributed by atoms with Crippen LogP contribution in [-0.4, -0.2) is 43.1 Å². The predicted octanol–water partition coefficient (Wildman–Crippen LogP) is 3.97. The van der Waals surface area contributed by atoms with Crippen molar-refractivity contribution in [2.75, 3.05) is 21.2 Å². The van der Waals surface area contributed by atoms with E-state index in [1.54, 1.807) is 63.5 Å². The van der Waals surface area contributed by atoms with Gasteiger partial charge in [-0.1, -0.05) is 30.3 Å². The zero-order valence-corrected chi connectivity index (χ0v) is 16.0. The van der Waals surface area contributed by atoms with E-state index >= 15 is 0 Å². The molecule has 0 saturated carbocycles. The molecule has 6 heteroatoms. The van der Waals surface area contributed by atoms with Gasteiger partial charge in [0.15, 0.2) is 5.78 Å². The van der Waals surface area contributed by atoms with Crippen LogP contribution in [0.2, 0.25) is 0 Å². The fraction of sp³-hybridized carbons (Fsp3) is 0.250. The Bertz CT molecular complexity index is 818. The van der Waals surface area contributed by atoms with Crippen LogP contribution in [0.4, 0.5) is 4.79 Å². The SMILES string of the molecule is COC(=O)C(C)c1cc(C(=O)c2ccccc2)ccc1SC(=O)N(C)C. The van der Waals surface area contributed by atoms with Gasteiger partial charge in [0, 0.05) is 30.1 Å². The first-order chi connectivity index (χ1) is 12.3. The molecule has 0 fully saturated rings. The Morgan fingerprint density at radius 1 is 1.00 bits per heavy atom. The van der Waals surface area contributed by atoms with E-state index in [0.29, 0.717) is 21.6 Å². The van der Waals surface area contributed by atoms with Crippen molar-refractivity contribution < 1.29 is 19.1 Å². The van der Waals surface area contributed by atoms with Gasteiger partial charge in [0.25, 0.3) is 5.24 Å². The van der Waals surface area contributed by atoms with Gasteiger partial charge in [0.2, 0.25) is 0 Å². The summed E-state index contributed by atoms with van der Waals surface area (Å²) in [7, 11) is 4.63. The number of hydrogen-bond acceptors (Lipinski definition) is 5. The maximum Gasteiger partial charge on any atom is 0.312 e. The number of ether oxygens (including phenoxy) is 1. The highest BCUT2D eigenvalue weighted by Crippen LogP contribution is 2.32. The lowest BCUT2D eigenvalue weighted by Gasteiger charge is -2.17. The molecule has 136 valence electrons. The monoisotopic (exact) mass is 371 g/mol. The first kappa shape index (κ1) is 19.7. The zero-order chi connectivity index (χ0) is 19.3. The summed E-state index contributed by atoms with van der Waals surface area (Å²) in [4.78, 5) is 38.9. The van der Waals surface area contributed by atoms with Crippen LogP contribution in [-0.2, 0) is 9.53 Å². The Labute approximate surface area is 157 Å². The second-order valence-electron chi connectivity index (χ2n) is 5.95. The van der Waals surface area contributed by atoms with Crippen molar-refractivity contribution in [2.24, 2.45) is 0 Å². The Balaban J connectivity index is 2.46. The molecule has 0 aliphatic heterocycles. The first-order valence-corrected chi connectivity index (χ1v) is 8.87. The fourth-order valence-corrected chi connectivity index (χ4v) is 3.23. The minimum absolute atomic E-state index is 0.139. The molecule has 0 radical (unpaired) electrons. The van der Waals surface area contributed by atoms with Gasteiger partial charge in [-0.05, 0) is 42.4 Å². The molecule has 26 heavy (non-hydrogen) atoms. The third-order valence-corrected chi connectivity index (χ3v) is 5.02. The average Bonchev–Trinajstić information content (AvgIpc) is 2.67. The number of amides is 1. The molecule has 0 heterocycles. The number of rotatable bonds is 5. The standard InChI is InChI=1S/C20H21NO4S/c1-13(19(23)25-4)16-12-15(18(22)14-8-6-5-7-9-14)10-11-17(16)26-20(24)21(2)3/h5-13H,1-4H3. The lowest BCUT2D eigenvalue weighted by Crippen LogP contribution is -2.17. The molecule has 2 aromatic rings. The quantitative estimate of drug-likeness (QED) is 0.452. The van der Waals surface area contributed by atoms with Crippen LogP contribution >= 0.6 is 11.8 Å². The molecule has 0 aromatic heterocycles. The van der Waals surface area contributed by atoms with Gasteiger partial charge in [-0.2, -0.15) is 0 Å². The maximum absolute atomic E-state index is 12.7. The number of carbonyl (C=O) groups excluding carboxylic acids is 3. The van der Waals surface area contributed by atoms with Crippen molar-refractivity contribution in [1.82, 2.24) is 4.90 Å². The molecule has 0 saturated heterocycles. The van der Waals surface area contributed by atoms with E-state index in [9.17, 15) is 14.4 Å².